The number of esters is 1. The summed E-state index contributed by atoms with van der Waals surface area (Å²) in [5, 5.41) is 22.6. The predicted octanol–water partition coefficient (Wildman–Crippen LogP) is 3.23. The van der Waals surface area contributed by atoms with Gasteiger partial charge in [-0.3, -0.25) is 14.4 Å². The molecule has 0 aromatic heterocycles. The number of aliphatic hydroxyl groups is 2. The lowest BCUT2D eigenvalue weighted by atomic mass is 9.80. The summed E-state index contributed by atoms with van der Waals surface area (Å²) in [4.78, 5) is 40.4. The molecule has 0 aromatic carbocycles. The Balaban J connectivity index is 2.01. The summed E-state index contributed by atoms with van der Waals surface area (Å²) in [7, 11) is 3.76. The highest BCUT2D eigenvalue weighted by Gasteiger charge is 2.55. The molecule has 2 fully saturated rings. The van der Waals surface area contributed by atoms with E-state index < -0.39 is 60.0 Å². The minimum absolute atomic E-state index is 0.0999. The molecule has 0 radical (unpaired) electrons. The second kappa shape index (κ2) is 14.9. The summed E-state index contributed by atoms with van der Waals surface area (Å²) >= 11 is 0. The molecule has 0 bridgehead atoms. The first-order valence-electron chi connectivity index (χ1n) is 15.7. The molecule has 2 N–H and O–H groups in total. The molecule has 0 aliphatic carbocycles. The highest BCUT2D eigenvalue weighted by atomic mass is 16.7. The Morgan fingerprint density at radius 3 is 2.42 bits per heavy atom. The first-order valence-corrected chi connectivity index (χ1v) is 15.7. The lowest BCUT2D eigenvalue weighted by Gasteiger charge is -2.44. The molecule has 10 nitrogen and oxygen atoms in total. The van der Waals surface area contributed by atoms with Crippen LogP contribution in [0.1, 0.15) is 74.1 Å². The fourth-order valence-corrected chi connectivity index (χ4v) is 6.49. The molecule has 0 spiro atoms. The van der Waals surface area contributed by atoms with Crippen LogP contribution in [0.25, 0.3) is 0 Å². The number of carbonyl (C=O) groups excluding carboxylic acids is 3. The molecule has 3 rings (SSSR count). The normalized spacial score (nSPS) is 43.4. The maximum atomic E-state index is 13.3. The predicted molar refractivity (Wildman–Crippen MR) is 161 cm³/mol. The second-order valence-corrected chi connectivity index (χ2v) is 13.3. The van der Waals surface area contributed by atoms with Gasteiger partial charge in [0.1, 0.15) is 17.8 Å². The molecule has 3 heterocycles. The molecule has 2 saturated heterocycles. The maximum Gasteiger partial charge on any atom is 0.308 e. The zero-order valence-electron chi connectivity index (χ0n) is 27.3. The van der Waals surface area contributed by atoms with Crippen LogP contribution >= 0.6 is 0 Å². The van der Waals surface area contributed by atoms with Crippen molar-refractivity contribution in [1.29, 1.82) is 0 Å². The quantitative estimate of drug-likeness (QED) is 0.263. The van der Waals surface area contributed by atoms with Gasteiger partial charge in [0.15, 0.2) is 17.9 Å². The van der Waals surface area contributed by atoms with Gasteiger partial charge in [-0.2, -0.15) is 0 Å². The van der Waals surface area contributed by atoms with Crippen LogP contribution in [-0.4, -0.2) is 101 Å². The van der Waals surface area contributed by atoms with Gasteiger partial charge in [-0.15, -0.1) is 0 Å². The highest BCUT2D eigenvalue weighted by Crippen LogP contribution is 2.45. The fraction of sp³-hybridized carbons (Fsp3) is 0.788. The summed E-state index contributed by atoms with van der Waals surface area (Å²) in [6.45, 7) is 12.7. The van der Waals surface area contributed by atoms with E-state index in [4.69, 9.17) is 18.9 Å². The minimum atomic E-state index is -1.16. The summed E-state index contributed by atoms with van der Waals surface area (Å²) in [6.07, 6.45) is 2.83. The minimum Gasteiger partial charge on any atom is -0.462 e. The molecule has 0 saturated carbocycles. The smallest absolute Gasteiger partial charge is 0.308 e. The van der Waals surface area contributed by atoms with Crippen LogP contribution in [-0.2, 0) is 33.3 Å². The summed E-state index contributed by atoms with van der Waals surface area (Å²) in [6, 6.07) is -0.227. The molecule has 3 aliphatic heterocycles. The average molecular weight is 608 g/mol. The van der Waals surface area contributed by atoms with Gasteiger partial charge in [0.25, 0.3) is 0 Å². The number of likely N-dealkylation sites (N-methyl/N-ethyl adjacent to an activating group) is 1. The highest BCUT2D eigenvalue weighted by molar-refractivity contribution is 5.91. The Bertz CT molecular complexity index is 1040. The third-order valence-electron chi connectivity index (χ3n) is 9.40. The van der Waals surface area contributed by atoms with E-state index in [1.54, 1.807) is 25.2 Å². The van der Waals surface area contributed by atoms with E-state index in [2.05, 4.69) is 0 Å². The monoisotopic (exact) mass is 607 g/mol. The number of hydrogen-bond donors (Lipinski definition) is 2. The number of aliphatic hydroxyl groups excluding tert-OH is 2. The van der Waals surface area contributed by atoms with Crippen molar-refractivity contribution in [3.63, 3.8) is 0 Å². The van der Waals surface area contributed by atoms with Gasteiger partial charge in [-0.05, 0) is 72.4 Å². The van der Waals surface area contributed by atoms with Gasteiger partial charge in [0.2, 0.25) is 0 Å². The molecule has 3 aliphatic rings. The van der Waals surface area contributed by atoms with Crippen LogP contribution in [0.2, 0.25) is 0 Å². The van der Waals surface area contributed by atoms with Crippen LogP contribution in [0.15, 0.2) is 24.3 Å². The van der Waals surface area contributed by atoms with Crippen molar-refractivity contribution in [1.82, 2.24) is 4.90 Å². The lowest BCUT2D eigenvalue weighted by molar-refractivity contribution is -0.281. The molecular weight excluding hydrogens is 554 g/mol. The van der Waals surface area contributed by atoms with Crippen molar-refractivity contribution in [3.8, 4) is 0 Å². The number of cyclic esters (lactones) is 1. The maximum absolute atomic E-state index is 13.3. The Morgan fingerprint density at radius 2 is 1.81 bits per heavy atom. The van der Waals surface area contributed by atoms with Crippen molar-refractivity contribution in [2.45, 2.75) is 129 Å². The molecule has 0 aromatic rings. The van der Waals surface area contributed by atoms with Crippen LogP contribution in [0.4, 0.5) is 0 Å². The molecule has 0 amide bonds. The number of allylic oxidation sites excluding steroid dienone is 2. The Hall–Kier alpha value is -1.95. The first kappa shape index (κ1) is 35.5. The first-order chi connectivity index (χ1) is 20.1. The third-order valence-corrected chi connectivity index (χ3v) is 9.40. The standard InChI is InChI=1S/C33H53NO9/c1-10-27-22(6)31-33(7,43-31)14-13-25(36)18(2)15-23(12-11-19(3)35)30(21(5)26(37)17-28(38)41-27)42-32-29(39)24(34(8)9)16-20(4)40-32/h11-14,18,20-24,26-27,29-32,37,39H,10,15-17H2,1-9H3/b12-11+,14-13?/t18-,20+,21+,22-,23+,24+,26-,27-,29+,30-,31+,32+,33+/m1/s1. The van der Waals surface area contributed by atoms with Crippen molar-refractivity contribution >= 4 is 17.5 Å². The number of epoxide rings is 1. The topological polar surface area (TPSA) is 135 Å². The number of hydrogen-bond acceptors (Lipinski definition) is 10. The third kappa shape index (κ3) is 9.05. The van der Waals surface area contributed by atoms with Gasteiger partial charge >= 0.3 is 5.97 Å². The van der Waals surface area contributed by atoms with Gasteiger partial charge in [0, 0.05) is 29.7 Å². The number of ether oxygens (including phenoxy) is 4. The van der Waals surface area contributed by atoms with Crippen molar-refractivity contribution in [2.75, 3.05) is 14.1 Å². The van der Waals surface area contributed by atoms with E-state index >= 15 is 0 Å². The summed E-state index contributed by atoms with van der Waals surface area (Å²) in [5.74, 6) is -2.57. The molecule has 43 heavy (non-hydrogen) atoms. The lowest BCUT2D eigenvalue weighted by Crippen LogP contribution is -2.56. The number of nitrogens with zero attached hydrogens (tertiary/aromatic N) is 1. The molecule has 13 atom stereocenters. The van der Waals surface area contributed by atoms with Crippen LogP contribution < -0.4 is 0 Å². The zero-order chi connectivity index (χ0) is 32.2. The Labute approximate surface area is 256 Å². The van der Waals surface area contributed by atoms with Crippen LogP contribution in [0, 0.1) is 23.7 Å². The van der Waals surface area contributed by atoms with Gasteiger partial charge in [-0.25, -0.2) is 0 Å². The van der Waals surface area contributed by atoms with E-state index in [-0.39, 0.29) is 42.2 Å². The number of ketones is 2. The van der Waals surface area contributed by atoms with Crippen LogP contribution in [0.5, 0.6) is 0 Å². The molecule has 10 heteroatoms. The fourth-order valence-electron chi connectivity index (χ4n) is 6.49. The van der Waals surface area contributed by atoms with Gasteiger partial charge < -0.3 is 34.1 Å². The number of carbonyl (C=O) groups is 3. The van der Waals surface area contributed by atoms with E-state index in [1.807, 2.05) is 53.6 Å². The Kier molecular flexibility index (Phi) is 12.3. The van der Waals surface area contributed by atoms with Crippen LogP contribution in [0.3, 0.4) is 0 Å². The van der Waals surface area contributed by atoms with Crippen molar-refractivity contribution in [2.24, 2.45) is 23.7 Å². The van der Waals surface area contributed by atoms with E-state index in [0.29, 0.717) is 19.3 Å². The number of fused-ring (bicyclic) bond motifs is 1. The molecular formula is C33H53NO9. The largest absolute Gasteiger partial charge is 0.462 e. The van der Waals surface area contributed by atoms with E-state index in [1.165, 1.54) is 13.0 Å². The second-order valence-electron chi connectivity index (χ2n) is 13.3. The Morgan fingerprint density at radius 1 is 1.14 bits per heavy atom. The summed E-state index contributed by atoms with van der Waals surface area (Å²) in [5.41, 5.74) is -0.645. The zero-order valence-corrected chi connectivity index (χ0v) is 27.3. The van der Waals surface area contributed by atoms with Crippen molar-refractivity contribution < 1.29 is 43.5 Å². The van der Waals surface area contributed by atoms with Gasteiger partial charge in [0.05, 0.1) is 30.8 Å². The molecule has 0 unspecified atom stereocenters. The van der Waals surface area contributed by atoms with E-state index in [9.17, 15) is 24.6 Å². The summed E-state index contributed by atoms with van der Waals surface area (Å²) < 4.78 is 24.4. The number of rotatable bonds is 6. The molecule has 244 valence electrons. The van der Waals surface area contributed by atoms with Gasteiger partial charge in [-0.1, -0.05) is 33.8 Å². The van der Waals surface area contributed by atoms with Crippen molar-refractivity contribution in [3.05, 3.63) is 24.3 Å². The SMILES string of the molecule is CC[C@H]1OC(=O)C[C@@H](O)[C@H](C)[C@@H](O[C@@H]2O[C@@H](C)C[C@H](N(C)C)[C@@H]2O)[C@@H](/C=C/C(C)=O)C[C@@H](C)C(=O)C=C[C@]2(C)O[C@H]2[C@@H]1C. The average Bonchev–Trinajstić information content (AvgIpc) is 3.62. The van der Waals surface area contributed by atoms with E-state index in [0.717, 1.165) is 0 Å².